The molecule has 3 aromatic carbocycles. The second-order valence-electron chi connectivity index (χ2n) is 8.84. The Morgan fingerprint density at radius 1 is 0.974 bits per heavy atom. The molecule has 3 aromatic rings. The molecular weight excluding hydrogens is 545 g/mol. The number of halogens is 2. The van der Waals surface area contributed by atoms with E-state index >= 15 is 0 Å². The average Bonchev–Trinajstić information content (AvgIpc) is 2.90. The second kappa shape index (κ2) is 12.7. The fourth-order valence-corrected chi connectivity index (χ4v) is 6.12. The summed E-state index contributed by atoms with van der Waals surface area (Å²) in [5, 5.41) is 3.37. The third kappa shape index (κ3) is 6.49. The minimum Gasteiger partial charge on any atom is -0.357 e. The maximum Gasteiger partial charge on any atom is 0.264 e. The van der Waals surface area contributed by atoms with Crippen LogP contribution in [0.25, 0.3) is 0 Å². The molecule has 0 bridgehead atoms. The average molecular weight is 577 g/mol. The minimum absolute atomic E-state index is 0.00716. The SMILES string of the molecule is CCC(C(=O)NC)N(Cc1ccc(Cl)cc1Cl)C(=O)CN(c1cccc(C)c1C)S(=O)(=O)c1ccccc1. The molecule has 2 amide bonds. The third-order valence-electron chi connectivity index (χ3n) is 6.44. The first kappa shape index (κ1) is 29.5. The number of hydrogen-bond acceptors (Lipinski definition) is 4. The number of nitrogens with zero attached hydrogens (tertiary/aromatic N) is 2. The van der Waals surface area contributed by atoms with Gasteiger partial charge in [-0.2, -0.15) is 0 Å². The van der Waals surface area contributed by atoms with Crippen LogP contribution in [0, 0.1) is 13.8 Å². The topological polar surface area (TPSA) is 86.8 Å². The normalized spacial score (nSPS) is 12.1. The molecule has 202 valence electrons. The van der Waals surface area contributed by atoms with Gasteiger partial charge in [0.15, 0.2) is 0 Å². The first-order chi connectivity index (χ1) is 18.0. The summed E-state index contributed by atoms with van der Waals surface area (Å²) in [6.07, 6.45) is 0.311. The Hall–Kier alpha value is -3.07. The number of nitrogens with one attached hydrogen (secondary N) is 1. The lowest BCUT2D eigenvalue weighted by atomic mass is 10.1. The van der Waals surface area contributed by atoms with Crippen LogP contribution in [0.4, 0.5) is 5.69 Å². The molecule has 10 heteroatoms. The molecule has 0 aliphatic rings. The molecule has 7 nitrogen and oxygen atoms in total. The molecule has 3 rings (SSSR count). The number of sulfonamides is 1. The van der Waals surface area contributed by atoms with Crippen molar-refractivity contribution < 1.29 is 18.0 Å². The lowest BCUT2D eigenvalue weighted by Gasteiger charge is -2.33. The number of anilines is 1. The molecule has 38 heavy (non-hydrogen) atoms. The zero-order valence-corrected chi connectivity index (χ0v) is 24.1. The van der Waals surface area contributed by atoms with Crippen LogP contribution in [0.1, 0.15) is 30.0 Å². The molecule has 0 aliphatic heterocycles. The summed E-state index contributed by atoms with van der Waals surface area (Å²) in [7, 11) is -2.63. The molecule has 0 fully saturated rings. The lowest BCUT2D eigenvalue weighted by Crippen LogP contribution is -2.51. The van der Waals surface area contributed by atoms with E-state index in [1.54, 1.807) is 55.5 Å². The number of aryl methyl sites for hydroxylation is 1. The van der Waals surface area contributed by atoms with Crippen molar-refractivity contribution >= 4 is 50.7 Å². The summed E-state index contributed by atoms with van der Waals surface area (Å²) >= 11 is 12.5. The van der Waals surface area contributed by atoms with E-state index in [-0.39, 0.29) is 17.3 Å². The van der Waals surface area contributed by atoms with Crippen LogP contribution < -0.4 is 9.62 Å². The molecule has 0 heterocycles. The van der Waals surface area contributed by atoms with Crippen molar-refractivity contribution in [1.29, 1.82) is 0 Å². The van der Waals surface area contributed by atoms with E-state index in [1.807, 2.05) is 19.9 Å². The van der Waals surface area contributed by atoms with E-state index < -0.39 is 28.5 Å². The Labute approximate surface area is 234 Å². The molecule has 0 aliphatic carbocycles. The predicted molar refractivity (Wildman–Crippen MR) is 152 cm³/mol. The summed E-state index contributed by atoms with van der Waals surface area (Å²) in [5.74, 6) is -0.915. The van der Waals surface area contributed by atoms with Crippen molar-refractivity contribution in [3.05, 3.63) is 93.5 Å². The lowest BCUT2D eigenvalue weighted by molar-refractivity contribution is -0.140. The Kier molecular flexibility index (Phi) is 9.82. The van der Waals surface area contributed by atoms with Gasteiger partial charge in [-0.15, -0.1) is 0 Å². The van der Waals surface area contributed by atoms with Gasteiger partial charge in [0, 0.05) is 23.6 Å². The summed E-state index contributed by atoms with van der Waals surface area (Å²) in [5.41, 5.74) is 2.57. The smallest absolute Gasteiger partial charge is 0.264 e. The first-order valence-electron chi connectivity index (χ1n) is 12.1. The molecule has 0 radical (unpaired) electrons. The number of carbonyl (C=O) groups excluding carboxylic acids is 2. The molecule has 1 N–H and O–H groups in total. The Bertz CT molecular complexity index is 1410. The number of rotatable bonds is 10. The fraction of sp³-hybridized carbons (Fsp3) is 0.286. The van der Waals surface area contributed by atoms with Crippen LogP contribution in [-0.4, -0.2) is 44.8 Å². The number of likely N-dealkylation sites (N-methyl/N-ethyl adjacent to an activating group) is 1. The maximum absolute atomic E-state index is 14.0. The van der Waals surface area contributed by atoms with Gasteiger partial charge < -0.3 is 10.2 Å². The van der Waals surface area contributed by atoms with E-state index in [4.69, 9.17) is 23.2 Å². The summed E-state index contributed by atoms with van der Waals surface area (Å²) in [6.45, 7) is 4.95. The second-order valence-corrected chi connectivity index (χ2v) is 11.5. The van der Waals surface area contributed by atoms with Crippen molar-refractivity contribution in [3.63, 3.8) is 0 Å². The minimum atomic E-state index is -4.13. The molecule has 1 atom stereocenters. The molecule has 0 spiro atoms. The first-order valence-corrected chi connectivity index (χ1v) is 14.3. The summed E-state index contributed by atoms with van der Waals surface area (Å²) < 4.78 is 28.9. The fourth-order valence-electron chi connectivity index (χ4n) is 4.16. The van der Waals surface area contributed by atoms with Gasteiger partial charge in [-0.1, -0.05) is 66.5 Å². The third-order valence-corrected chi connectivity index (χ3v) is 8.80. The summed E-state index contributed by atoms with van der Waals surface area (Å²) in [6, 6.07) is 17.3. The highest BCUT2D eigenvalue weighted by atomic mass is 35.5. The van der Waals surface area contributed by atoms with Gasteiger partial charge in [-0.25, -0.2) is 8.42 Å². The molecule has 0 saturated carbocycles. The van der Waals surface area contributed by atoms with Gasteiger partial charge in [0.25, 0.3) is 10.0 Å². The number of amides is 2. The van der Waals surface area contributed by atoms with Crippen LogP contribution >= 0.6 is 23.2 Å². The van der Waals surface area contributed by atoms with Crippen LogP contribution in [0.15, 0.2) is 71.6 Å². The van der Waals surface area contributed by atoms with Crippen LogP contribution in [-0.2, 0) is 26.2 Å². The Balaban J connectivity index is 2.11. The Morgan fingerprint density at radius 3 is 2.26 bits per heavy atom. The van der Waals surface area contributed by atoms with E-state index in [1.165, 1.54) is 24.1 Å². The highest BCUT2D eigenvalue weighted by Crippen LogP contribution is 2.30. The number of carbonyl (C=O) groups is 2. The standard InChI is InChI=1S/C28H31Cl2N3O4S/c1-5-25(28(35)31-4)32(17-21-14-15-22(29)16-24(21)30)27(34)18-33(26-13-9-10-19(2)20(26)3)38(36,37)23-11-7-6-8-12-23/h6-16,25H,5,17-18H2,1-4H3,(H,31,35). The largest absolute Gasteiger partial charge is 0.357 e. The van der Waals surface area contributed by atoms with Gasteiger partial charge in [-0.3, -0.25) is 13.9 Å². The summed E-state index contributed by atoms with van der Waals surface area (Å²) in [4.78, 5) is 28.2. The van der Waals surface area contributed by atoms with Gasteiger partial charge in [0.1, 0.15) is 12.6 Å². The van der Waals surface area contributed by atoms with Crippen molar-refractivity contribution in [2.75, 3.05) is 17.9 Å². The zero-order valence-electron chi connectivity index (χ0n) is 21.7. The van der Waals surface area contributed by atoms with Gasteiger partial charge in [0.05, 0.1) is 10.6 Å². The van der Waals surface area contributed by atoms with Crippen LogP contribution in [0.3, 0.4) is 0 Å². The Morgan fingerprint density at radius 2 is 1.66 bits per heavy atom. The van der Waals surface area contributed by atoms with Crippen LogP contribution in [0.2, 0.25) is 10.0 Å². The van der Waals surface area contributed by atoms with Gasteiger partial charge >= 0.3 is 0 Å². The van der Waals surface area contributed by atoms with E-state index in [0.717, 1.165) is 15.4 Å². The van der Waals surface area contributed by atoms with E-state index in [0.29, 0.717) is 27.7 Å². The number of hydrogen-bond donors (Lipinski definition) is 1. The van der Waals surface area contributed by atoms with Crippen LogP contribution in [0.5, 0.6) is 0 Å². The molecule has 0 saturated heterocycles. The predicted octanol–water partition coefficient (Wildman–Crippen LogP) is 5.36. The van der Waals surface area contributed by atoms with Crippen molar-refractivity contribution in [1.82, 2.24) is 10.2 Å². The van der Waals surface area contributed by atoms with Crippen molar-refractivity contribution in [2.45, 2.75) is 44.7 Å². The van der Waals surface area contributed by atoms with Crippen molar-refractivity contribution in [3.8, 4) is 0 Å². The number of benzene rings is 3. The maximum atomic E-state index is 14.0. The molecule has 1 unspecified atom stereocenters. The van der Waals surface area contributed by atoms with Crippen molar-refractivity contribution in [2.24, 2.45) is 0 Å². The highest BCUT2D eigenvalue weighted by Gasteiger charge is 2.34. The molecular formula is C28H31Cl2N3O4S. The van der Waals surface area contributed by atoms with E-state index in [9.17, 15) is 18.0 Å². The van der Waals surface area contributed by atoms with Gasteiger partial charge in [-0.05, 0) is 67.3 Å². The quantitative estimate of drug-likeness (QED) is 0.352. The molecule has 0 aromatic heterocycles. The monoisotopic (exact) mass is 575 g/mol. The highest BCUT2D eigenvalue weighted by molar-refractivity contribution is 7.92. The van der Waals surface area contributed by atoms with E-state index in [2.05, 4.69) is 5.32 Å². The zero-order chi connectivity index (χ0) is 28.0. The van der Waals surface area contributed by atoms with Gasteiger partial charge in [0.2, 0.25) is 11.8 Å².